The van der Waals surface area contributed by atoms with Gasteiger partial charge in [0.25, 0.3) is 6.43 Å². The van der Waals surface area contributed by atoms with Crippen molar-refractivity contribution in [2.75, 3.05) is 19.7 Å². The van der Waals surface area contributed by atoms with Gasteiger partial charge in [0.2, 0.25) is 0 Å². The summed E-state index contributed by atoms with van der Waals surface area (Å²) in [7, 11) is 0. The van der Waals surface area contributed by atoms with Gasteiger partial charge in [0.15, 0.2) is 0 Å². The molecule has 0 radical (unpaired) electrons. The Bertz CT molecular complexity index is 241. The molecule has 0 saturated heterocycles. The van der Waals surface area contributed by atoms with Crippen LogP contribution in [0.5, 0.6) is 0 Å². The fourth-order valence-corrected chi connectivity index (χ4v) is 1.94. The molecule has 1 rings (SSSR count). The minimum atomic E-state index is -2.35. The minimum Gasteiger partial charge on any atom is -0.395 e. The van der Waals surface area contributed by atoms with Crippen LogP contribution in [0.2, 0.25) is 0 Å². The van der Waals surface area contributed by atoms with Gasteiger partial charge in [-0.3, -0.25) is 4.90 Å². The van der Waals surface area contributed by atoms with Crippen LogP contribution in [0.1, 0.15) is 4.88 Å². The molecule has 0 amide bonds. The van der Waals surface area contributed by atoms with Gasteiger partial charge in [0, 0.05) is 18.0 Å². The van der Waals surface area contributed by atoms with Crippen molar-refractivity contribution in [1.29, 1.82) is 0 Å². The van der Waals surface area contributed by atoms with Crippen molar-refractivity contribution in [3.63, 3.8) is 0 Å². The highest BCUT2D eigenvalue weighted by atomic mass is 32.1. The smallest absolute Gasteiger partial charge is 0.251 e. The van der Waals surface area contributed by atoms with E-state index in [2.05, 4.69) is 0 Å². The summed E-state index contributed by atoms with van der Waals surface area (Å²) in [5.41, 5.74) is 0. The predicted octanol–water partition coefficient (Wildman–Crippen LogP) is 1.81. The maximum Gasteiger partial charge on any atom is 0.251 e. The summed E-state index contributed by atoms with van der Waals surface area (Å²) < 4.78 is 24.2. The SMILES string of the molecule is OCCN(Cc1cccs1)CC(F)F. The van der Waals surface area contributed by atoms with Gasteiger partial charge in [-0.15, -0.1) is 11.3 Å². The zero-order valence-corrected chi connectivity index (χ0v) is 8.51. The van der Waals surface area contributed by atoms with Crippen molar-refractivity contribution in [3.05, 3.63) is 22.4 Å². The Kier molecular flexibility index (Phi) is 5.00. The molecule has 0 atom stereocenters. The van der Waals surface area contributed by atoms with E-state index in [4.69, 9.17) is 5.11 Å². The number of alkyl halides is 2. The van der Waals surface area contributed by atoms with Crippen molar-refractivity contribution in [2.45, 2.75) is 13.0 Å². The number of aliphatic hydroxyl groups is 1. The van der Waals surface area contributed by atoms with Crippen LogP contribution in [-0.4, -0.2) is 36.1 Å². The van der Waals surface area contributed by atoms with Gasteiger partial charge in [-0.1, -0.05) is 6.07 Å². The molecule has 0 aliphatic rings. The van der Waals surface area contributed by atoms with E-state index in [1.807, 2.05) is 17.5 Å². The molecule has 0 aliphatic heterocycles. The molecular formula is C9H13F2NOS. The van der Waals surface area contributed by atoms with Gasteiger partial charge < -0.3 is 5.11 Å². The molecule has 1 aromatic rings. The van der Waals surface area contributed by atoms with E-state index in [1.54, 1.807) is 4.90 Å². The highest BCUT2D eigenvalue weighted by Crippen LogP contribution is 2.12. The summed E-state index contributed by atoms with van der Waals surface area (Å²) in [4.78, 5) is 2.59. The Balaban J connectivity index is 2.42. The highest BCUT2D eigenvalue weighted by Gasteiger charge is 2.12. The first-order valence-corrected chi connectivity index (χ1v) is 5.24. The summed E-state index contributed by atoms with van der Waals surface area (Å²) in [6.07, 6.45) is -2.35. The van der Waals surface area contributed by atoms with Crippen molar-refractivity contribution < 1.29 is 13.9 Å². The molecule has 14 heavy (non-hydrogen) atoms. The Morgan fingerprint density at radius 1 is 1.50 bits per heavy atom. The first-order valence-electron chi connectivity index (χ1n) is 4.36. The molecule has 0 bridgehead atoms. The monoisotopic (exact) mass is 221 g/mol. The molecule has 1 N–H and O–H groups in total. The van der Waals surface area contributed by atoms with Gasteiger partial charge >= 0.3 is 0 Å². The third kappa shape index (κ3) is 4.13. The molecule has 80 valence electrons. The fraction of sp³-hybridized carbons (Fsp3) is 0.556. The van der Waals surface area contributed by atoms with Crippen molar-refractivity contribution in [3.8, 4) is 0 Å². The average molecular weight is 221 g/mol. The molecule has 1 aromatic heterocycles. The van der Waals surface area contributed by atoms with Gasteiger partial charge in [-0.25, -0.2) is 8.78 Å². The van der Waals surface area contributed by atoms with E-state index >= 15 is 0 Å². The molecule has 0 fully saturated rings. The molecule has 0 spiro atoms. The van der Waals surface area contributed by atoms with Gasteiger partial charge in [0.1, 0.15) is 0 Å². The standard InChI is InChI=1S/C9H13F2NOS/c10-9(11)7-12(3-4-13)6-8-2-1-5-14-8/h1-2,5,9,13H,3-4,6-7H2. The quantitative estimate of drug-likeness (QED) is 0.792. The number of hydrogen-bond donors (Lipinski definition) is 1. The molecule has 0 aliphatic carbocycles. The average Bonchev–Trinajstić information content (AvgIpc) is 2.56. The van der Waals surface area contributed by atoms with E-state index in [-0.39, 0.29) is 13.2 Å². The van der Waals surface area contributed by atoms with Crippen LogP contribution in [0.4, 0.5) is 8.78 Å². The topological polar surface area (TPSA) is 23.5 Å². The summed E-state index contributed by atoms with van der Waals surface area (Å²) >= 11 is 1.54. The minimum absolute atomic E-state index is 0.0852. The lowest BCUT2D eigenvalue weighted by Gasteiger charge is -2.19. The third-order valence-corrected chi connectivity index (χ3v) is 2.63. The van der Waals surface area contributed by atoms with Crippen LogP contribution in [0, 0.1) is 0 Å². The maximum atomic E-state index is 12.1. The zero-order valence-electron chi connectivity index (χ0n) is 7.70. The Labute approximate surface area is 85.8 Å². The lowest BCUT2D eigenvalue weighted by molar-refractivity contribution is 0.0751. The summed E-state index contributed by atoms with van der Waals surface area (Å²) in [6.45, 7) is 0.418. The van der Waals surface area contributed by atoms with Crippen LogP contribution >= 0.6 is 11.3 Å². The van der Waals surface area contributed by atoms with E-state index in [9.17, 15) is 8.78 Å². The van der Waals surface area contributed by atoms with Crippen LogP contribution < -0.4 is 0 Å². The maximum absolute atomic E-state index is 12.1. The fourth-order valence-electron chi connectivity index (χ4n) is 1.19. The molecular weight excluding hydrogens is 208 g/mol. The van der Waals surface area contributed by atoms with Crippen molar-refractivity contribution >= 4 is 11.3 Å². The largest absolute Gasteiger partial charge is 0.395 e. The Hall–Kier alpha value is -0.520. The van der Waals surface area contributed by atoms with Crippen LogP contribution in [0.3, 0.4) is 0 Å². The first kappa shape index (κ1) is 11.6. The second-order valence-electron chi connectivity index (χ2n) is 2.93. The summed E-state index contributed by atoms with van der Waals surface area (Å²) in [5, 5.41) is 10.6. The van der Waals surface area contributed by atoms with Crippen molar-refractivity contribution in [2.24, 2.45) is 0 Å². The summed E-state index contributed by atoms with van der Waals surface area (Å²) in [6, 6.07) is 3.79. The molecule has 0 unspecified atom stereocenters. The number of thiophene rings is 1. The molecule has 5 heteroatoms. The second kappa shape index (κ2) is 6.06. The summed E-state index contributed by atoms with van der Waals surface area (Å²) in [5.74, 6) is 0. The first-order chi connectivity index (χ1) is 6.72. The predicted molar refractivity (Wildman–Crippen MR) is 52.7 cm³/mol. The van der Waals surface area contributed by atoms with Gasteiger partial charge in [0.05, 0.1) is 13.2 Å². The highest BCUT2D eigenvalue weighted by molar-refractivity contribution is 7.09. The number of nitrogens with zero attached hydrogens (tertiary/aromatic N) is 1. The zero-order chi connectivity index (χ0) is 10.4. The molecule has 1 heterocycles. The molecule has 0 aromatic carbocycles. The van der Waals surface area contributed by atoms with Crippen LogP contribution in [-0.2, 0) is 6.54 Å². The van der Waals surface area contributed by atoms with E-state index in [0.29, 0.717) is 13.1 Å². The van der Waals surface area contributed by atoms with Gasteiger partial charge in [-0.05, 0) is 11.4 Å². The van der Waals surface area contributed by atoms with Crippen LogP contribution in [0.15, 0.2) is 17.5 Å². The van der Waals surface area contributed by atoms with E-state index in [1.165, 1.54) is 11.3 Å². The second-order valence-corrected chi connectivity index (χ2v) is 3.96. The number of aliphatic hydroxyl groups excluding tert-OH is 1. The molecule has 0 saturated carbocycles. The number of hydrogen-bond acceptors (Lipinski definition) is 3. The lowest BCUT2D eigenvalue weighted by Crippen LogP contribution is -2.30. The Morgan fingerprint density at radius 2 is 2.29 bits per heavy atom. The third-order valence-electron chi connectivity index (χ3n) is 1.77. The molecule has 2 nitrogen and oxygen atoms in total. The number of rotatable bonds is 6. The van der Waals surface area contributed by atoms with E-state index < -0.39 is 6.43 Å². The normalized spacial score (nSPS) is 11.5. The van der Waals surface area contributed by atoms with E-state index in [0.717, 1.165) is 4.88 Å². The van der Waals surface area contributed by atoms with Crippen LogP contribution in [0.25, 0.3) is 0 Å². The van der Waals surface area contributed by atoms with Gasteiger partial charge in [-0.2, -0.15) is 0 Å². The Morgan fingerprint density at radius 3 is 2.79 bits per heavy atom. The lowest BCUT2D eigenvalue weighted by atomic mass is 10.4. The van der Waals surface area contributed by atoms with Crippen molar-refractivity contribution in [1.82, 2.24) is 4.90 Å². The number of halogens is 2.